The van der Waals surface area contributed by atoms with Gasteiger partial charge in [-0.1, -0.05) is 26.0 Å². The Bertz CT molecular complexity index is 534. The van der Waals surface area contributed by atoms with Crippen LogP contribution in [0.4, 0.5) is 4.39 Å². The Labute approximate surface area is 113 Å². The maximum Gasteiger partial charge on any atom is 0.132 e. The summed E-state index contributed by atoms with van der Waals surface area (Å²) in [6, 6.07) is 6.74. The third kappa shape index (κ3) is 3.01. The van der Waals surface area contributed by atoms with E-state index in [4.69, 9.17) is 0 Å². The summed E-state index contributed by atoms with van der Waals surface area (Å²) in [7, 11) is 1.93. The molecule has 2 aromatic rings. The molecule has 0 saturated carbocycles. The highest BCUT2D eigenvalue weighted by Crippen LogP contribution is 2.25. The van der Waals surface area contributed by atoms with Crippen molar-refractivity contribution in [1.82, 2.24) is 15.3 Å². The van der Waals surface area contributed by atoms with Crippen LogP contribution in [0.5, 0.6) is 0 Å². The standard InChI is InChI=1S/C15H20FN3/c1-10(2)12(8-17-3)15-18-9-14(19-15)11-6-4-5-7-13(11)16/h4-7,9-10,12,17H,8H2,1-3H3,(H,18,19). The van der Waals surface area contributed by atoms with Crippen LogP contribution in [0.3, 0.4) is 0 Å². The van der Waals surface area contributed by atoms with E-state index in [-0.39, 0.29) is 5.82 Å². The summed E-state index contributed by atoms with van der Waals surface area (Å²) in [6.07, 6.45) is 1.71. The van der Waals surface area contributed by atoms with Gasteiger partial charge in [-0.2, -0.15) is 0 Å². The van der Waals surface area contributed by atoms with Crippen molar-refractivity contribution in [2.24, 2.45) is 5.92 Å². The lowest BCUT2D eigenvalue weighted by atomic mass is 9.95. The molecule has 0 bridgehead atoms. The van der Waals surface area contributed by atoms with E-state index in [1.165, 1.54) is 6.07 Å². The number of likely N-dealkylation sites (N-methyl/N-ethyl adjacent to an activating group) is 1. The van der Waals surface area contributed by atoms with E-state index in [1.807, 2.05) is 13.1 Å². The van der Waals surface area contributed by atoms with E-state index < -0.39 is 0 Å². The zero-order valence-corrected chi connectivity index (χ0v) is 11.6. The average Bonchev–Trinajstić information content (AvgIpc) is 2.85. The summed E-state index contributed by atoms with van der Waals surface area (Å²) in [4.78, 5) is 7.66. The van der Waals surface area contributed by atoms with Crippen molar-refractivity contribution in [3.63, 3.8) is 0 Å². The molecule has 4 heteroatoms. The van der Waals surface area contributed by atoms with Gasteiger partial charge in [0.15, 0.2) is 0 Å². The molecule has 1 aromatic heterocycles. The maximum atomic E-state index is 13.7. The van der Waals surface area contributed by atoms with E-state index in [0.29, 0.717) is 17.4 Å². The summed E-state index contributed by atoms with van der Waals surface area (Å²) in [5.41, 5.74) is 1.29. The highest BCUT2D eigenvalue weighted by molar-refractivity contribution is 5.59. The first-order valence-corrected chi connectivity index (χ1v) is 6.58. The fraction of sp³-hybridized carbons (Fsp3) is 0.400. The van der Waals surface area contributed by atoms with Crippen LogP contribution in [0.25, 0.3) is 11.3 Å². The molecule has 0 aliphatic heterocycles. The Morgan fingerprint density at radius 1 is 1.32 bits per heavy atom. The monoisotopic (exact) mass is 261 g/mol. The summed E-state index contributed by atoms with van der Waals surface area (Å²) < 4.78 is 13.7. The number of benzene rings is 1. The molecule has 1 unspecified atom stereocenters. The summed E-state index contributed by atoms with van der Waals surface area (Å²) in [5, 5.41) is 3.17. The molecule has 0 aliphatic carbocycles. The van der Waals surface area contributed by atoms with E-state index in [9.17, 15) is 4.39 Å². The zero-order chi connectivity index (χ0) is 13.8. The summed E-state index contributed by atoms with van der Waals surface area (Å²) in [6.45, 7) is 5.17. The summed E-state index contributed by atoms with van der Waals surface area (Å²) >= 11 is 0. The van der Waals surface area contributed by atoms with Gasteiger partial charge in [-0.3, -0.25) is 0 Å². The molecule has 19 heavy (non-hydrogen) atoms. The number of imidazole rings is 1. The zero-order valence-electron chi connectivity index (χ0n) is 11.6. The number of aromatic amines is 1. The average molecular weight is 261 g/mol. The van der Waals surface area contributed by atoms with Crippen LogP contribution in [0.2, 0.25) is 0 Å². The van der Waals surface area contributed by atoms with Gasteiger partial charge in [0.25, 0.3) is 0 Å². The Hall–Kier alpha value is -1.68. The lowest BCUT2D eigenvalue weighted by Crippen LogP contribution is -2.22. The fourth-order valence-electron chi connectivity index (χ4n) is 2.21. The van der Waals surface area contributed by atoms with Gasteiger partial charge in [0.2, 0.25) is 0 Å². The molecule has 3 nitrogen and oxygen atoms in total. The predicted molar refractivity (Wildman–Crippen MR) is 75.5 cm³/mol. The van der Waals surface area contributed by atoms with Crippen LogP contribution in [0.1, 0.15) is 25.6 Å². The highest BCUT2D eigenvalue weighted by Gasteiger charge is 2.19. The first kappa shape index (κ1) is 13.7. The number of halogens is 1. The number of nitrogens with zero attached hydrogens (tertiary/aromatic N) is 1. The van der Waals surface area contributed by atoms with E-state index in [2.05, 4.69) is 29.1 Å². The Kier molecular flexibility index (Phi) is 4.32. The van der Waals surface area contributed by atoms with Crippen molar-refractivity contribution < 1.29 is 4.39 Å². The third-order valence-electron chi connectivity index (χ3n) is 3.34. The van der Waals surface area contributed by atoms with Gasteiger partial charge < -0.3 is 10.3 Å². The highest BCUT2D eigenvalue weighted by atomic mass is 19.1. The van der Waals surface area contributed by atoms with Crippen molar-refractivity contribution in [1.29, 1.82) is 0 Å². The summed E-state index contributed by atoms with van der Waals surface area (Å²) in [5.74, 6) is 1.44. The second kappa shape index (κ2) is 5.97. The van der Waals surface area contributed by atoms with Crippen molar-refractivity contribution in [2.45, 2.75) is 19.8 Å². The number of H-pyrrole nitrogens is 1. The molecule has 1 atom stereocenters. The molecule has 0 spiro atoms. The molecule has 2 rings (SSSR count). The minimum absolute atomic E-state index is 0.229. The number of hydrogen-bond donors (Lipinski definition) is 2. The van der Waals surface area contributed by atoms with Gasteiger partial charge in [-0.25, -0.2) is 9.37 Å². The molecule has 1 aromatic carbocycles. The third-order valence-corrected chi connectivity index (χ3v) is 3.34. The molecule has 0 aliphatic rings. The molecule has 0 fully saturated rings. The maximum absolute atomic E-state index is 13.7. The largest absolute Gasteiger partial charge is 0.342 e. The van der Waals surface area contributed by atoms with Crippen LogP contribution in [0, 0.1) is 11.7 Å². The van der Waals surface area contributed by atoms with Crippen LogP contribution in [-0.2, 0) is 0 Å². The quantitative estimate of drug-likeness (QED) is 0.868. The topological polar surface area (TPSA) is 40.7 Å². The predicted octanol–water partition coefficient (Wildman–Crippen LogP) is 3.17. The second-order valence-electron chi connectivity index (χ2n) is 5.07. The van der Waals surface area contributed by atoms with Crippen LogP contribution < -0.4 is 5.32 Å². The molecule has 102 valence electrons. The van der Waals surface area contributed by atoms with E-state index >= 15 is 0 Å². The fourth-order valence-corrected chi connectivity index (χ4v) is 2.21. The van der Waals surface area contributed by atoms with Gasteiger partial charge in [-0.05, 0) is 25.1 Å². The van der Waals surface area contributed by atoms with Crippen LogP contribution in [0.15, 0.2) is 30.5 Å². The molecular weight excluding hydrogens is 241 g/mol. The molecule has 1 heterocycles. The minimum Gasteiger partial charge on any atom is -0.342 e. The first-order valence-electron chi connectivity index (χ1n) is 6.58. The molecule has 0 saturated heterocycles. The molecule has 0 radical (unpaired) electrons. The number of aromatic nitrogens is 2. The van der Waals surface area contributed by atoms with Gasteiger partial charge in [0, 0.05) is 18.0 Å². The Morgan fingerprint density at radius 2 is 2.05 bits per heavy atom. The number of hydrogen-bond acceptors (Lipinski definition) is 2. The van der Waals surface area contributed by atoms with Crippen molar-refractivity contribution in [3.8, 4) is 11.3 Å². The van der Waals surface area contributed by atoms with E-state index in [0.717, 1.165) is 18.1 Å². The smallest absolute Gasteiger partial charge is 0.132 e. The Balaban J connectivity index is 2.30. The normalized spacial score (nSPS) is 12.9. The van der Waals surface area contributed by atoms with Gasteiger partial charge >= 0.3 is 0 Å². The van der Waals surface area contributed by atoms with Crippen molar-refractivity contribution >= 4 is 0 Å². The second-order valence-corrected chi connectivity index (χ2v) is 5.07. The van der Waals surface area contributed by atoms with E-state index in [1.54, 1.807) is 18.3 Å². The van der Waals surface area contributed by atoms with Crippen LogP contribution >= 0.6 is 0 Å². The number of rotatable bonds is 5. The SMILES string of the molecule is CNCC(c1ncc(-c2ccccc2F)[nH]1)C(C)C. The Morgan fingerprint density at radius 3 is 2.68 bits per heavy atom. The lowest BCUT2D eigenvalue weighted by Gasteiger charge is -2.17. The van der Waals surface area contributed by atoms with Crippen molar-refractivity contribution in [2.75, 3.05) is 13.6 Å². The lowest BCUT2D eigenvalue weighted by molar-refractivity contribution is 0.461. The van der Waals surface area contributed by atoms with Crippen molar-refractivity contribution in [3.05, 3.63) is 42.1 Å². The van der Waals surface area contributed by atoms with Gasteiger partial charge in [0.05, 0.1) is 11.9 Å². The minimum atomic E-state index is -0.229. The molecule has 0 amide bonds. The van der Waals surface area contributed by atoms with Gasteiger partial charge in [0.1, 0.15) is 11.6 Å². The molecular formula is C15H20FN3. The van der Waals surface area contributed by atoms with Gasteiger partial charge in [-0.15, -0.1) is 0 Å². The first-order chi connectivity index (χ1) is 9.13. The van der Waals surface area contributed by atoms with Crippen LogP contribution in [-0.4, -0.2) is 23.6 Å². The molecule has 2 N–H and O–H groups in total. The number of nitrogens with one attached hydrogen (secondary N) is 2.